The molecule has 4 heteroatoms. The number of pyridine rings is 1. The Morgan fingerprint density at radius 2 is 2.35 bits per heavy atom. The average Bonchev–Trinajstić information content (AvgIpc) is 2.29. The third kappa shape index (κ3) is 3.46. The maximum Gasteiger partial charge on any atom is 0.157 e. The summed E-state index contributed by atoms with van der Waals surface area (Å²) in [6, 6.07) is 4.19. The van der Waals surface area contributed by atoms with E-state index in [2.05, 4.69) is 37.1 Å². The molecule has 0 aromatic carbocycles. The maximum absolute atomic E-state index is 4.73. The molecule has 3 nitrogen and oxygen atoms in total. The molecular weight excluding hydrogens is 230 g/mol. The third-order valence-electron chi connectivity index (χ3n) is 2.89. The van der Waals surface area contributed by atoms with Crippen LogP contribution >= 0.6 is 11.8 Å². The molecule has 0 bridgehead atoms. The zero-order valence-corrected chi connectivity index (χ0v) is 11.4. The third-order valence-corrected chi connectivity index (χ3v) is 3.78. The van der Waals surface area contributed by atoms with Crippen molar-refractivity contribution in [2.45, 2.75) is 38.8 Å². The molecule has 1 aromatic rings. The Morgan fingerprint density at radius 3 is 3.00 bits per heavy atom. The van der Waals surface area contributed by atoms with Gasteiger partial charge in [0.05, 0.1) is 6.04 Å². The van der Waals surface area contributed by atoms with Gasteiger partial charge in [0.25, 0.3) is 0 Å². The van der Waals surface area contributed by atoms with E-state index in [1.54, 1.807) is 18.0 Å². The molecule has 2 rings (SSSR count). The van der Waals surface area contributed by atoms with E-state index in [0.29, 0.717) is 0 Å². The smallest absolute Gasteiger partial charge is 0.157 e. The van der Waals surface area contributed by atoms with E-state index in [4.69, 9.17) is 4.99 Å². The molecule has 2 heterocycles. The molecule has 17 heavy (non-hydrogen) atoms. The highest BCUT2D eigenvalue weighted by Gasteiger charge is 2.24. The highest BCUT2D eigenvalue weighted by Crippen LogP contribution is 2.24. The van der Waals surface area contributed by atoms with Crippen LogP contribution in [0, 0.1) is 0 Å². The van der Waals surface area contributed by atoms with Gasteiger partial charge in [0, 0.05) is 23.7 Å². The zero-order chi connectivity index (χ0) is 12.3. The van der Waals surface area contributed by atoms with Crippen LogP contribution in [-0.2, 0) is 0 Å². The Bertz CT molecular complexity index is 400. The molecular formula is C13H19N3S. The number of hydrogen-bond acceptors (Lipinski definition) is 3. The van der Waals surface area contributed by atoms with Crippen molar-refractivity contribution in [3.63, 3.8) is 0 Å². The van der Waals surface area contributed by atoms with E-state index in [-0.39, 0.29) is 11.6 Å². The van der Waals surface area contributed by atoms with Crippen molar-refractivity contribution in [2.24, 2.45) is 4.99 Å². The average molecular weight is 249 g/mol. The van der Waals surface area contributed by atoms with Crippen LogP contribution in [0.3, 0.4) is 0 Å². The molecule has 1 N–H and O–H groups in total. The molecule has 1 aliphatic heterocycles. The molecule has 0 radical (unpaired) electrons. The van der Waals surface area contributed by atoms with Gasteiger partial charge in [-0.25, -0.2) is 0 Å². The minimum absolute atomic E-state index is 0.160. The zero-order valence-electron chi connectivity index (χ0n) is 10.6. The first-order valence-electron chi connectivity index (χ1n) is 5.95. The van der Waals surface area contributed by atoms with E-state index in [1.807, 2.05) is 12.3 Å². The second-order valence-corrected chi connectivity index (χ2v) is 6.09. The molecule has 1 unspecified atom stereocenters. The van der Waals surface area contributed by atoms with E-state index in [0.717, 1.165) is 16.5 Å². The molecule has 0 aliphatic carbocycles. The Kier molecular flexibility index (Phi) is 3.72. The van der Waals surface area contributed by atoms with Crippen LogP contribution in [0.15, 0.2) is 29.5 Å². The van der Waals surface area contributed by atoms with E-state index in [1.165, 1.54) is 6.42 Å². The topological polar surface area (TPSA) is 37.3 Å². The molecule has 1 saturated heterocycles. The number of hydrogen-bond donors (Lipinski definition) is 1. The lowest BCUT2D eigenvalue weighted by Crippen LogP contribution is -2.46. The van der Waals surface area contributed by atoms with Gasteiger partial charge in [-0.2, -0.15) is 0 Å². The second kappa shape index (κ2) is 5.08. The lowest BCUT2D eigenvalue weighted by molar-refractivity contribution is 0.445. The van der Waals surface area contributed by atoms with Crippen molar-refractivity contribution in [3.8, 4) is 0 Å². The monoisotopic (exact) mass is 249 g/mol. The standard InChI is InChI=1S/C13H19N3S/c1-10(11-5-4-7-14-9-11)15-12-16-13(2,3)6-8-17-12/h4-5,7,9-10H,6,8H2,1-3H3,(H,15,16). The number of aliphatic imine (C=N–C) groups is 1. The lowest BCUT2D eigenvalue weighted by atomic mass is 10.0. The Balaban J connectivity index is 2.09. The minimum atomic E-state index is 0.160. The van der Waals surface area contributed by atoms with Crippen molar-refractivity contribution in [3.05, 3.63) is 30.1 Å². The normalized spacial score (nSPS) is 23.1. The van der Waals surface area contributed by atoms with Gasteiger partial charge in [-0.15, -0.1) is 0 Å². The fourth-order valence-corrected chi connectivity index (χ4v) is 3.12. The number of amidine groups is 1. The summed E-state index contributed by atoms with van der Waals surface area (Å²) in [5.74, 6) is 1.14. The van der Waals surface area contributed by atoms with Gasteiger partial charge >= 0.3 is 0 Å². The maximum atomic E-state index is 4.73. The van der Waals surface area contributed by atoms with Crippen LogP contribution in [-0.4, -0.2) is 21.4 Å². The number of nitrogens with zero attached hydrogens (tertiary/aromatic N) is 2. The van der Waals surface area contributed by atoms with Gasteiger partial charge in [0.1, 0.15) is 0 Å². The first kappa shape index (κ1) is 12.4. The number of thioether (sulfide) groups is 1. The van der Waals surface area contributed by atoms with Crippen molar-refractivity contribution in [2.75, 3.05) is 5.75 Å². The number of rotatable bonds is 2. The van der Waals surface area contributed by atoms with Crippen LogP contribution < -0.4 is 5.32 Å². The van der Waals surface area contributed by atoms with Gasteiger partial charge in [-0.3, -0.25) is 9.98 Å². The summed E-state index contributed by atoms with van der Waals surface area (Å²) >= 11 is 1.81. The number of nitrogens with one attached hydrogen (secondary N) is 1. The molecule has 1 fully saturated rings. The molecule has 1 aliphatic rings. The molecule has 1 atom stereocenters. The minimum Gasteiger partial charge on any atom is -0.360 e. The molecule has 0 amide bonds. The fourth-order valence-electron chi connectivity index (χ4n) is 1.73. The van der Waals surface area contributed by atoms with Crippen LogP contribution in [0.5, 0.6) is 0 Å². The molecule has 92 valence electrons. The van der Waals surface area contributed by atoms with Crippen molar-refractivity contribution in [1.29, 1.82) is 0 Å². The van der Waals surface area contributed by atoms with E-state index >= 15 is 0 Å². The molecule has 1 aromatic heterocycles. The van der Waals surface area contributed by atoms with E-state index < -0.39 is 0 Å². The van der Waals surface area contributed by atoms with Crippen molar-refractivity contribution >= 4 is 16.9 Å². The predicted octanol–water partition coefficient (Wildman–Crippen LogP) is 3.00. The van der Waals surface area contributed by atoms with Crippen LogP contribution in [0.25, 0.3) is 0 Å². The predicted molar refractivity (Wildman–Crippen MR) is 74.4 cm³/mol. The highest BCUT2D eigenvalue weighted by atomic mass is 32.2. The van der Waals surface area contributed by atoms with Crippen LogP contribution in [0.2, 0.25) is 0 Å². The summed E-state index contributed by atoms with van der Waals surface area (Å²) in [5, 5.41) is 4.54. The quantitative estimate of drug-likeness (QED) is 0.875. The lowest BCUT2D eigenvalue weighted by Gasteiger charge is -2.32. The summed E-state index contributed by atoms with van der Waals surface area (Å²) in [5.41, 5.74) is 1.32. The van der Waals surface area contributed by atoms with Gasteiger partial charge < -0.3 is 5.32 Å². The van der Waals surface area contributed by atoms with Crippen LogP contribution in [0.1, 0.15) is 38.8 Å². The SMILES string of the molecule is CC(N=C1NC(C)(C)CCS1)c1cccnc1. The fraction of sp³-hybridized carbons (Fsp3) is 0.538. The summed E-state index contributed by atoms with van der Waals surface area (Å²) < 4.78 is 0. The van der Waals surface area contributed by atoms with Gasteiger partial charge in [-0.05, 0) is 38.8 Å². The Labute approximate surface area is 107 Å². The number of aromatic nitrogens is 1. The second-order valence-electron chi connectivity index (χ2n) is 5.00. The van der Waals surface area contributed by atoms with Crippen LogP contribution in [0.4, 0.5) is 0 Å². The first-order valence-corrected chi connectivity index (χ1v) is 6.94. The van der Waals surface area contributed by atoms with Gasteiger partial charge in [-0.1, -0.05) is 17.8 Å². The Morgan fingerprint density at radius 1 is 1.53 bits per heavy atom. The van der Waals surface area contributed by atoms with Gasteiger partial charge in [0.15, 0.2) is 5.17 Å². The van der Waals surface area contributed by atoms with E-state index in [9.17, 15) is 0 Å². The largest absolute Gasteiger partial charge is 0.360 e. The molecule has 0 spiro atoms. The summed E-state index contributed by atoms with van der Waals surface area (Å²) in [7, 11) is 0. The van der Waals surface area contributed by atoms with Crippen molar-refractivity contribution < 1.29 is 0 Å². The summed E-state index contributed by atoms with van der Waals surface area (Å²) in [4.78, 5) is 8.86. The van der Waals surface area contributed by atoms with Gasteiger partial charge in [0.2, 0.25) is 0 Å². The highest BCUT2D eigenvalue weighted by molar-refractivity contribution is 8.13. The first-order chi connectivity index (χ1) is 8.07. The molecule has 0 saturated carbocycles. The summed E-state index contributed by atoms with van der Waals surface area (Å²) in [6.45, 7) is 6.54. The summed E-state index contributed by atoms with van der Waals surface area (Å²) in [6.07, 6.45) is 4.85. The van der Waals surface area contributed by atoms with Crippen molar-refractivity contribution in [1.82, 2.24) is 10.3 Å². The Hall–Kier alpha value is -1.03.